The Balaban J connectivity index is 2.11. The van der Waals surface area contributed by atoms with Crippen molar-refractivity contribution in [3.63, 3.8) is 0 Å². The Morgan fingerprint density at radius 2 is 1.19 bits per heavy atom. The first-order valence-electron chi connectivity index (χ1n) is 7.14. The zero-order chi connectivity index (χ0) is 14.7. The molecule has 1 nitrogen and oxygen atoms in total. The van der Waals surface area contributed by atoms with Crippen molar-refractivity contribution in [2.24, 2.45) is 0 Å². The van der Waals surface area contributed by atoms with Crippen LogP contribution in [0.15, 0.2) is 72.8 Å². The van der Waals surface area contributed by atoms with Crippen molar-refractivity contribution in [2.45, 2.75) is 13.8 Å². The zero-order valence-corrected chi connectivity index (χ0v) is 12.4. The standard InChI is InChI=1S/C20H18N/c1-16-8-12-19(13-9-16)21(18-6-4-3-5-7-18)20-14-10-17(2)11-15-20/h3-6,8-15H,1-2H3. The number of nitrogens with zero attached hydrogens (tertiary/aromatic N) is 1. The van der Waals surface area contributed by atoms with Crippen LogP contribution in [0.5, 0.6) is 0 Å². The third-order valence-corrected chi connectivity index (χ3v) is 3.52. The average Bonchev–Trinajstić information content (AvgIpc) is 2.52. The molecule has 0 bridgehead atoms. The summed E-state index contributed by atoms with van der Waals surface area (Å²) in [4.78, 5) is 2.22. The number of rotatable bonds is 3. The van der Waals surface area contributed by atoms with Gasteiger partial charge in [0.25, 0.3) is 0 Å². The summed E-state index contributed by atoms with van der Waals surface area (Å²) in [5.41, 5.74) is 5.86. The largest absolute Gasteiger partial charge is 0.310 e. The van der Waals surface area contributed by atoms with Gasteiger partial charge in [0.15, 0.2) is 0 Å². The molecule has 3 rings (SSSR count). The van der Waals surface area contributed by atoms with Gasteiger partial charge in [-0.2, -0.15) is 0 Å². The van der Waals surface area contributed by atoms with Crippen LogP contribution in [0.25, 0.3) is 0 Å². The maximum Gasteiger partial charge on any atom is 0.0540 e. The summed E-state index contributed by atoms with van der Waals surface area (Å²) in [6.07, 6.45) is 0. The molecular formula is C20H18N. The molecule has 3 aromatic carbocycles. The number of aryl methyl sites for hydroxylation is 2. The minimum atomic E-state index is 1.05. The second kappa shape index (κ2) is 5.84. The Morgan fingerprint density at radius 1 is 0.667 bits per heavy atom. The fraction of sp³-hybridized carbons (Fsp3) is 0.100. The first kappa shape index (κ1) is 13.4. The van der Waals surface area contributed by atoms with Crippen LogP contribution in [0.3, 0.4) is 0 Å². The molecule has 1 radical (unpaired) electrons. The van der Waals surface area contributed by atoms with Gasteiger partial charge in [-0.3, -0.25) is 0 Å². The van der Waals surface area contributed by atoms with E-state index in [1.165, 1.54) is 11.1 Å². The fourth-order valence-corrected chi connectivity index (χ4v) is 2.34. The molecule has 0 saturated heterocycles. The number of hydrogen-bond donors (Lipinski definition) is 0. The van der Waals surface area contributed by atoms with Crippen LogP contribution in [0, 0.1) is 19.9 Å². The van der Waals surface area contributed by atoms with E-state index in [0.717, 1.165) is 17.1 Å². The van der Waals surface area contributed by atoms with Crippen molar-refractivity contribution in [2.75, 3.05) is 4.90 Å². The van der Waals surface area contributed by atoms with Crippen LogP contribution in [0.2, 0.25) is 0 Å². The molecule has 1 heteroatoms. The highest BCUT2D eigenvalue weighted by atomic mass is 15.1. The molecule has 103 valence electrons. The van der Waals surface area contributed by atoms with Gasteiger partial charge < -0.3 is 4.90 Å². The highest BCUT2D eigenvalue weighted by Gasteiger charge is 2.11. The van der Waals surface area contributed by atoms with E-state index in [1.54, 1.807) is 0 Å². The second-order valence-corrected chi connectivity index (χ2v) is 5.25. The van der Waals surface area contributed by atoms with Crippen molar-refractivity contribution < 1.29 is 0 Å². The van der Waals surface area contributed by atoms with Crippen LogP contribution in [-0.2, 0) is 0 Å². The molecule has 0 N–H and O–H groups in total. The van der Waals surface area contributed by atoms with Gasteiger partial charge in [-0.05, 0) is 44.2 Å². The lowest BCUT2D eigenvalue weighted by Crippen LogP contribution is -2.09. The lowest BCUT2D eigenvalue weighted by atomic mass is 10.1. The van der Waals surface area contributed by atoms with E-state index in [-0.39, 0.29) is 0 Å². The van der Waals surface area contributed by atoms with Gasteiger partial charge >= 0.3 is 0 Å². The van der Waals surface area contributed by atoms with Gasteiger partial charge in [0.2, 0.25) is 0 Å². The van der Waals surface area contributed by atoms with Crippen LogP contribution < -0.4 is 4.90 Å². The van der Waals surface area contributed by atoms with E-state index in [2.05, 4.69) is 79.4 Å². The Morgan fingerprint density at radius 3 is 1.62 bits per heavy atom. The third-order valence-electron chi connectivity index (χ3n) is 3.52. The van der Waals surface area contributed by atoms with E-state index in [1.807, 2.05) is 18.2 Å². The fourth-order valence-electron chi connectivity index (χ4n) is 2.34. The lowest BCUT2D eigenvalue weighted by molar-refractivity contribution is 1.26. The SMILES string of the molecule is Cc1ccc(N(c2[c]cccc2)c2ccc(C)cc2)cc1. The van der Waals surface area contributed by atoms with Gasteiger partial charge in [-0.15, -0.1) is 0 Å². The predicted octanol–water partition coefficient (Wildman–Crippen LogP) is 5.57. The van der Waals surface area contributed by atoms with Crippen molar-refractivity contribution >= 4 is 17.1 Å². The van der Waals surface area contributed by atoms with Crippen molar-refractivity contribution in [3.05, 3.63) is 90.0 Å². The summed E-state index contributed by atoms with van der Waals surface area (Å²) < 4.78 is 0. The maximum absolute atomic E-state index is 3.32. The minimum Gasteiger partial charge on any atom is -0.310 e. The monoisotopic (exact) mass is 272 g/mol. The van der Waals surface area contributed by atoms with Crippen LogP contribution in [0.1, 0.15) is 11.1 Å². The number of para-hydroxylation sites is 1. The predicted molar refractivity (Wildman–Crippen MR) is 89.4 cm³/mol. The zero-order valence-electron chi connectivity index (χ0n) is 12.4. The molecule has 0 spiro atoms. The maximum atomic E-state index is 3.32. The van der Waals surface area contributed by atoms with Crippen molar-refractivity contribution in [1.82, 2.24) is 0 Å². The van der Waals surface area contributed by atoms with E-state index < -0.39 is 0 Å². The molecule has 0 amide bonds. The quantitative estimate of drug-likeness (QED) is 0.602. The summed E-state index contributed by atoms with van der Waals surface area (Å²) in [5, 5.41) is 0. The summed E-state index contributed by atoms with van der Waals surface area (Å²) >= 11 is 0. The molecule has 0 aliphatic heterocycles. The Bertz CT molecular complexity index is 652. The van der Waals surface area contributed by atoms with Crippen LogP contribution in [-0.4, -0.2) is 0 Å². The van der Waals surface area contributed by atoms with Gasteiger partial charge in [-0.25, -0.2) is 0 Å². The summed E-state index contributed by atoms with van der Waals surface area (Å²) in [6.45, 7) is 4.21. The Kier molecular flexibility index (Phi) is 3.74. The number of hydrogen-bond acceptors (Lipinski definition) is 1. The molecule has 0 unspecified atom stereocenters. The highest BCUT2D eigenvalue weighted by Crippen LogP contribution is 2.33. The van der Waals surface area contributed by atoms with Gasteiger partial charge in [0, 0.05) is 17.4 Å². The van der Waals surface area contributed by atoms with E-state index in [0.29, 0.717) is 0 Å². The first-order chi connectivity index (χ1) is 10.2. The molecule has 0 aromatic heterocycles. The Hall–Kier alpha value is -2.54. The minimum absolute atomic E-state index is 1.05. The van der Waals surface area contributed by atoms with Gasteiger partial charge in [0.1, 0.15) is 0 Å². The van der Waals surface area contributed by atoms with Crippen LogP contribution in [0.4, 0.5) is 17.1 Å². The molecule has 0 heterocycles. The second-order valence-electron chi connectivity index (χ2n) is 5.25. The average molecular weight is 272 g/mol. The molecule has 0 aliphatic rings. The highest BCUT2D eigenvalue weighted by molar-refractivity contribution is 5.76. The molecule has 21 heavy (non-hydrogen) atoms. The molecular weight excluding hydrogens is 254 g/mol. The van der Waals surface area contributed by atoms with Crippen LogP contribution >= 0.6 is 0 Å². The smallest absolute Gasteiger partial charge is 0.0540 e. The third kappa shape index (κ3) is 2.97. The summed E-state index contributed by atoms with van der Waals surface area (Å²) in [5.74, 6) is 0. The molecule has 0 aliphatic carbocycles. The number of anilines is 3. The van der Waals surface area contributed by atoms with Crippen molar-refractivity contribution in [1.29, 1.82) is 0 Å². The molecule has 0 fully saturated rings. The topological polar surface area (TPSA) is 3.24 Å². The number of benzene rings is 3. The first-order valence-corrected chi connectivity index (χ1v) is 7.14. The summed E-state index contributed by atoms with van der Waals surface area (Å²) in [7, 11) is 0. The van der Waals surface area contributed by atoms with E-state index in [9.17, 15) is 0 Å². The van der Waals surface area contributed by atoms with Gasteiger partial charge in [-0.1, -0.05) is 53.6 Å². The van der Waals surface area contributed by atoms with E-state index >= 15 is 0 Å². The Labute approximate surface area is 126 Å². The normalized spacial score (nSPS) is 10.4. The molecule has 0 saturated carbocycles. The lowest BCUT2D eigenvalue weighted by Gasteiger charge is -2.25. The van der Waals surface area contributed by atoms with Gasteiger partial charge in [0.05, 0.1) is 5.69 Å². The molecule has 0 atom stereocenters. The molecule has 3 aromatic rings. The van der Waals surface area contributed by atoms with E-state index in [4.69, 9.17) is 0 Å². The van der Waals surface area contributed by atoms with Crippen molar-refractivity contribution in [3.8, 4) is 0 Å². The summed E-state index contributed by atoms with van der Waals surface area (Å²) in [6, 6.07) is 28.5.